The second-order valence-corrected chi connectivity index (χ2v) is 6.21. The maximum atomic E-state index is 4.71. The molecule has 0 saturated heterocycles. The van der Waals surface area contributed by atoms with E-state index in [1.54, 1.807) is 0 Å². The number of halogens is 1. The number of aryl methyl sites for hydroxylation is 4. The Kier molecular flexibility index (Phi) is 3.62. The van der Waals surface area contributed by atoms with Crippen LogP contribution in [0.5, 0.6) is 0 Å². The summed E-state index contributed by atoms with van der Waals surface area (Å²) in [7, 11) is 0. The molecule has 0 radical (unpaired) electrons. The highest BCUT2D eigenvalue weighted by molar-refractivity contribution is 9.10. The fourth-order valence-corrected chi connectivity index (χ4v) is 3.12. The fourth-order valence-electron chi connectivity index (χ4n) is 2.55. The van der Waals surface area contributed by atoms with Gasteiger partial charge in [-0.25, -0.2) is 4.98 Å². The van der Waals surface area contributed by atoms with Gasteiger partial charge in [0.05, 0.1) is 11.0 Å². The van der Waals surface area contributed by atoms with Crippen molar-refractivity contribution in [2.24, 2.45) is 0 Å². The molecule has 0 aliphatic heterocycles. The van der Waals surface area contributed by atoms with Gasteiger partial charge < -0.3 is 4.98 Å². The normalized spacial score (nSPS) is 11.2. The van der Waals surface area contributed by atoms with Crippen molar-refractivity contribution in [3.63, 3.8) is 0 Å². The Labute approximate surface area is 127 Å². The van der Waals surface area contributed by atoms with Crippen LogP contribution in [0.2, 0.25) is 0 Å². The van der Waals surface area contributed by atoms with Gasteiger partial charge >= 0.3 is 0 Å². The number of aromatic amines is 1. The zero-order valence-corrected chi connectivity index (χ0v) is 13.3. The number of imidazole rings is 1. The van der Waals surface area contributed by atoms with Gasteiger partial charge in [-0.2, -0.15) is 0 Å². The average molecular weight is 329 g/mol. The van der Waals surface area contributed by atoms with Crippen LogP contribution in [0, 0.1) is 13.8 Å². The molecular weight excluding hydrogens is 312 g/mol. The van der Waals surface area contributed by atoms with Gasteiger partial charge in [0.25, 0.3) is 0 Å². The Morgan fingerprint density at radius 1 is 1.10 bits per heavy atom. The molecular formula is C17H17BrN2. The Bertz CT molecular complexity index is 759. The third kappa shape index (κ3) is 2.78. The maximum Gasteiger partial charge on any atom is 0.107 e. The topological polar surface area (TPSA) is 28.7 Å². The molecule has 0 atom stereocenters. The SMILES string of the molecule is Cc1cccc(CCc2nc3c(C)cc(Br)cc3[nH]2)c1. The average Bonchev–Trinajstić information content (AvgIpc) is 2.80. The number of rotatable bonds is 3. The van der Waals surface area contributed by atoms with Gasteiger partial charge in [0, 0.05) is 10.9 Å². The zero-order chi connectivity index (χ0) is 14.1. The van der Waals surface area contributed by atoms with Crippen molar-refractivity contribution >= 4 is 27.0 Å². The van der Waals surface area contributed by atoms with Crippen molar-refractivity contribution in [1.82, 2.24) is 9.97 Å². The van der Waals surface area contributed by atoms with Crippen molar-refractivity contribution in [2.45, 2.75) is 26.7 Å². The zero-order valence-electron chi connectivity index (χ0n) is 11.7. The summed E-state index contributed by atoms with van der Waals surface area (Å²) in [5.74, 6) is 1.06. The second-order valence-electron chi connectivity index (χ2n) is 5.29. The highest BCUT2D eigenvalue weighted by atomic mass is 79.9. The van der Waals surface area contributed by atoms with E-state index in [-0.39, 0.29) is 0 Å². The van der Waals surface area contributed by atoms with E-state index in [1.807, 2.05) is 0 Å². The minimum absolute atomic E-state index is 0.940. The quantitative estimate of drug-likeness (QED) is 0.739. The summed E-state index contributed by atoms with van der Waals surface area (Å²) >= 11 is 3.53. The summed E-state index contributed by atoms with van der Waals surface area (Å²) < 4.78 is 1.09. The van der Waals surface area contributed by atoms with E-state index < -0.39 is 0 Å². The first-order chi connectivity index (χ1) is 9.61. The Morgan fingerprint density at radius 3 is 2.75 bits per heavy atom. The van der Waals surface area contributed by atoms with Crippen molar-refractivity contribution in [3.8, 4) is 0 Å². The first kappa shape index (κ1) is 13.4. The minimum atomic E-state index is 0.940. The molecule has 0 spiro atoms. The molecule has 20 heavy (non-hydrogen) atoms. The highest BCUT2D eigenvalue weighted by Gasteiger charge is 2.06. The maximum absolute atomic E-state index is 4.71. The van der Waals surface area contributed by atoms with E-state index in [0.717, 1.165) is 34.2 Å². The fraction of sp³-hybridized carbons (Fsp3) is 0.235. The molecule has 0 saturated carbocycles. The van der Waals surface area contributed by atoms with E-state index in [1.165, 1.54) is 16.7 Å². The Hall–Kier alpha value is -1.61. The molecule has 0 aliphatic rings. The van der Waals surface area contributed by atoms with E-state index in [2.05, 4.69) is 71.2 Å². The lowest BCUT2D eigenvalue weighted by Gasteiger charge is -2.00. The van der Waals surface area contributed by atoms with Crippen molar-refractivity contribution in [3.05, 3.63) is 63.4 Å². The number of hydrogen-bond donors (Lipinski definition) is 1. The minimum Gasteiger partial charge on any atom is -0.342 e. The highest BCUT2D eigenvalue weighted by Crippen LogP contribution is 2.22. The number of benzene rings is 2. The third-order valence-electron chi connectivity index (χ3n) is 3.52. The molecule has 2 nitrogen and oxygen atoms in total. The number of hydrogen-bond acceptors (Lipinski definition) is 1. The van der Waals surface area contributed by atoms with Crippen LogP contribution >= 0.6 is 15.9 Å². The van der Waals surface area contributed by atoms with Crippen LogP contribution in [-0.2, 0) is 12.8 Å². The molecule has 1 N–H and O–H groups in total. The summed E-state index contributed by atoms with van der Waals surface area (Å²) in [6.45, 7) is 4.23. The number of fused-ring (bicyclic) bond motifs is 1. The van der Waals surface area contributed by atoms with Crippen molar-refractivity contribution < 1.29 is 0 Å². The second kappa shape index (κ2) is 5.41. The van der Waals surface area contributed by atoms with Crippen LogP contribution in [0.3, 0.4) is 0 Å². The molecule has 0 unspecified atom stereocenters. The van der Waals surface area contributed by atoms with E-state index >= 15 is 0 Å². The number of nitrogens with one attached hydrogen (secondary N) is 1. The molecule has 102 valence electrons. The van der Waals surface area contributed by atoms with Crippen LogP contribution in [0.15, 0.2) is 40.9 Å². The van der Waals surface area contributed by atoms with Gasteiger partial charge in [-0.05, 0) is 43.5 Å². The molecule has 0 fully saturated rings. The van der Waals surface area contributed by atoms with Gasteiger partial charge in [0.2, 0.25) is 0 Å². The molecule has 3 rings (SSSR count). The predicted octanol–water partition coefficient (Wildman–Crippen LogP) is 4.73. The number of nitrogens with zero attached hydrogens (tertiary/aromatic N) is 1. The van der Waals surface area contributed by atoms with Gasteiger partial charge in [-0.3, -0.25) is 0 Å². The molecule has 0 aliphatic carbocycles. The van der Waals surface area contributed by atoms with Gasteiger partial charge in [-0.1, -0.05) is 45.8 Å². The lowest BCUT2D eigenvalue weighted by atomic mass is 10.1. The van der Waals surface area contributed by atoms with Gasteiger partial charge in [-0.15, -0.1) is 0 Å². The molecule has 3 heteroatoms. The van der Waals surface area contributed by atoms with Crippen molar-refractivity contribution in [1.29, 1.82) is 0 Å². The smallest absolute Gasteiger partial charge is 0.107 e. The van der Waals surface area contributed by atoms with Crippen LogP contribution < -0.4 is 0 Å². The van der Waals surface area contributed by atoms with E-state index in [4.69, 9.17) is 4.98 Å². The number of H-pyrrole nitrogens is 1. The van der Waals surface area contributed by atoms with Crippen LogP contribution in [0.4, 0.5) is 0 Å². The summed E-state index contributed by atoms with van der Waals surface area (Å²) in [5, 5.41) is 0. The summed E-state index contributed by atoms with van der Waals surface area (Å²) in [6.07, 6.45) is 1.96. The summed E-state index contributed by atoms with van der Waals surface area (Å²) in [5.41, 5.74) is 6.06. The molecule has 0 bridgehead atoms. The molecule has 3 aromatic rings. The summed E-state index contributed by atoms with van der Waals surface area (Å²) in [6, 6.07) is 12.9. The molecule has 1 aromatic heterocycles. The largest absolute Gasteiger partial charge is 0.342 e. The Morgan fingerprint density at radius 2 is 1.95 bits per heavy atom. The van der Waals surface area contributed by atoms with Gasteiger partial charge in [0.15, 0.2) is 0 Å². The monoisotopic (exact) mass is 328 g/mol. The van der Waals surface area contributed by atoms with Gasteiger partial charge in [0.1, 0.15) is 5.82 Å². The van der Waals surface area contributed by atoms with Crippen molar-refractivity contribution in [2.75, 3.05) is 0 Å². The van der Waals surface area contributed by atoms with E-state index in [0.29, 0.717) is 0 Å². The molecule has 0 amide bonds. The first-order valence-corrected chi connectivity index (χ1v) is 7.61. The standard InChI is InChI=1S/C17H17BrN2/c1-11-4-3-5-13(8-11)6-7-16-19-15-10-14(18)9-12(2)17(15)20-16/h3-5,8-10H,6-7H2,1-2H3,(H,19,20). The predicted molar refractivity (Wildman–Crippen MR) is 87.1 cm³/mol. The van der Waals surface area contributed by atoms with Crippen LogP contribution in [0.1, 0.15) is 22.5 Å². The molecule has 2 aromatic carbocycles. The third-order valence-corrected chi connectivity index (χ3v) is 3.98. The lowest BCUT2D eigenvalue weighted by Crippen LogP contribution is -1.93. The van der Waals surface area contributed by atoms with E-state index in [9.17, 15) is 0 Å². The first-order valence-electron chi connectivity index (χ1n) is 6.82. The van der Waals surface area contributed by atoms with Crippen LogP contribution in [-0.4, -0.2) is 9.97 Å². The summed E-state index contributed by atoms with van der Waals surface area (Å²) in [4.78, 5) is 8.14. The number of aromatic nitrogens is 2. The Balaban J connectivity index is 1.83. The van der Waals surface area contributed by atoms with Crippen LogP contribution in [0.25, 0.3) is 11.0 Å². The molecule has 1 heterocycles. The lowest BCUT2D eigenvalue weighted by molar-refractivity contribution is 0.889.